The number of hydrogen-bond donors (Lipinski definition) is 2. The Labute approximate surface area is 222 Å². The number of ether oxygens (including phenoxy) is 2. The Balaban J connectivity index is 0.00000320. The molecular formula is C29H32ClF2NO4. The summed E-state index contributed by atoms with van der Waals surface area (Å²) in [7, 11) is 0. The van der Waals surface area contributed by atoms with Gasteiger partial charge in [-0.15, -0.1) is 12.4 Å². The second kappa shape index (κ2) is 12.2. The Morgan fingerprint density at radius 3 is 1.73 bits per heavy atom. The Hall–Kier alpha value is -2.71. The van der Waals surface area contributed by atoms with Gasteiger partial charge < -0.3 is 19.7 Å². The molecule has 0 saturated heterocycles. The largest absolute Gasteiger partial charge is 0.487 e. The summed E-state index contributed by atoms with van der Waals surface area (Å²) in [5.74, 6) is 0.619. The first-order chi connectivity index (χ1) is 17.4. The summed E-state index contributed by atoms with van der Waals surface area (Å²) in [4.78, 5) is 2.01. The molecule has 2 N–H and O–H groups in total. The predicted molar refractivity (Wildman–Crippen MR) is 139 cm³/mol. The van der Waals surface area contributed by atoms with Crippen LogP contribution in [0.15, 0.2) is 66.7 Å². The van der Waals surface area contributed by atoms with E-state index in [1.807, 2.05) is 35.2 Å². The van der Waals surface area contributed by atoms with Crippen molar-refractivity contribution in [3.8, 4) is 11.5 Å². The molecule has 2 aliphatic rings. The number of halogens is 3. The number of aryl methyl sites for hydroxylation is 2. The molecule has 8 heteroatoms. The third kappa shape index (κ3) is 6.79. The molecule has 2 aliphatic heterocycles. The highest BCUT2D eigenvalue weighted by atomic mass is 35.5. The first-order valence-corrected chi connectivity index (χ1v) is 12.5. The Kier molecular flexibility index (Phi) is 9.03. The fourth-order valence-corrected chi connectivity index (χ4v) is 5.11. The fourth-order valence-electron chi connectivity index (χ4n) is 5.11. The van der Waals surface area contributed by atoms with Gasteiger partial charge in [-0.05, 0) is 78.8 Å². The topological polar surface area (TPSA) is 62.2 Å². The van der Waals surface area contributed by atoms with E-state index < -0.39 is 24.4 Å². The number of hydrogen-bond acceptors (Lipinski definition) is 5. The van der Waals surface area contributed by atoms with Crippen molar-refractivity contribution in [1.82, 2.24) is 4.90 Å². The van der Waals surface area contributed by atoms with Crippen LogP contribution in [0.1, 0.15) is 29.5 Å². The van der Waals surface area contributed by atoms with Crippen molar-refractivity contribution in [3.63, 3.8) is 0 Å². The average molecular weight is 532 g/mol. The monoisotopic (exact) mass is 531 g/mol. The SMILES string of the molecule is Cl.OC(CN(Cc1ccccc1)CC(O)[C@H]1CCc2cc(F)ccc2O1)C1CCc2cc(F)ccc2O1. The maximum Gasteiger partial charge on any atom is 0.126 e. The summed E-state index contributed by atoms with van der Waals surface area (Å²) in [6.45, 7) is 1.13. The van der Waals surface area contributed by atoms with Gasteiger partial charge in [-0.25, -0.2) is 8.78 Å². The Bertz CT molecular complexity index is 1110. The zero-order chi connectivity index (χ0) is 25.1. The van der Waals surface area contributed by atoms with Crippen LogP contribution in [-0.4, -0.2) is 52.6 Å². The molecule has 0 saturated carbocycles. The van der Waals surface area contributed by atoms with E-state index in [1.165, 1.54) is 24.3 Å². The molecule has 0 amide bonds. The summed E-state index contributed by atoms with van der Waals surface area (Å²) in [6, 6.07) is 18.8. The minimum atomic E-state index is -0.796. The van der Waals surface area contributed by atoms with E-state index in [4.69, 9.17) is 9.47 Å². The highest BCUT2D eigenvalue weighted by Crippen LogP contribution is 2.31. The zero-order valence-electron chi connectivity index (χ0n) is 20.4. The van der Waals surface area contributed by atoms with E-state index in [0.717, 1.165) is 16.7 Å². The van der Waals surface area contributed by atoms with Crippen LogP contribution in [0.4, 0.5) is 8.78 Å². The lowest BCUT2D eigenvalue weighted by Crippen LogP contribution is -2.48. The van der Waals surface area contributed by atoms with Crippen molar-refractivity contribution in [3.05, 3.63) is 95.1 Å². The third-order valence-corrected chi connectivity index (χ3v) is 7.00. The second-order valence-corrected chi connectivity index (χ2v) is 9.71. The highest BCUT2D eigenvalue weighted by molar-refractivity contribution is 5.85. The van der Waals surface area contributed by atoms with Gasteiger partial charge in [0.15, 0.2) is 0 Å². The fraction of sp³-hybridized carbons (Fsp3) is 0.379. The van der Waals surface area contributed by atoms with Crippen molar-refractivity contribution in [2.45, 2.75) is 56.6 Å². The summed E-state index contributed by atoms with van der Waals surface area (Å²) >= 11 is 0. The van der Waals surface area contributed by atoms with Crippen molar-refractivity contribution in [1.29, 1.82) is 0 Å². The number of rotatable bonds is 8. The molecule has 3 aromatic carbocycles. The summed E-state index contributed by atoms with van der Waals surface area (Å²) in [5.41, 5.74) is 2.68. The first-order valence-electron chi connectivity index (χ1n) is 12.5. The second-order valence-electron chi connectivity index (χ2n) is 9.71. The number of aliphatic hydroxyl groups excluding tert-OH is 2. The van der Waals surface area contributed by atoms with Gasteiger partial charge in [0.1, 0.15) is 47.5 Å². The minimum absolute atomic E-state index is 0. The normalized spacial score (nSPS) is 20.0. The summed E-state index contributed by atoms with van der Waals surface area (Å²) in [5, 5.41) is 22.2. The maximum atomic E-state index is 13.5. The van der Waals surface area contributed by atoms with E-state index in [0.29, 0.717) is 56.8 Å². The predicted octanol–water partition coefficient (Wildman–Crippen LogP) is 4.70. The van der Waals surface area contributed by atoms with E-state index in [2.05, 4.69) is 0 Å². The molecule has 0 aromatic heterocycles. The van der Waals surface area contributed by atoms with E-state index in [-0.39, 0.29) is 24.0 Å². The van der Waals surface area contributed by atoms with E-state index >= 15 is 0 Å². The lowest BCUT2D eigenvalue weighted by atomic mass is 9.97. The number of fused-ring (bicyclic) bond motifs is 2. The number of nitrogens with zero attached hydrogens (tertiary/aromatic N) is 1. The minimum Gasteiger partial charge on any atom is -0.487 e. The molecule has 3 aromatic rings. The lowest BCUT2D eigenvalue weighted by Gasteiger charge is -2.35. The average Bonchev–Trinajstić information content (AvgIpc) is 2.88. The van der Waals surface area contributed by atoms with E-state index in [1.54, 1.807) is 12.1 Å². The van der Waals surface area contributed by atoms with Crippen LogP contribution in [0.5, 0.6) is 11.5 Å². The molecule has 0 bridgehead atoms. The molecular weight excluding hydrogens is 500 g/mol. The number of aliphatic hydroxyl groups is 2. The first kappa shape index (κ1) is 27.3. The van der Waals surface area contributed by atoms with Crippen molar-refractivity contribution < 1.29 is 28.5 Å². The number of benzene rings is 3. The van der Waals surface area contributed by atoms with Crippen LogP contribution >= 0.6 is 12.4 Å². The molecule has 5 nitrogen and oxygen atoms in total. The van der Waals surface area contributed by atoms with E-state index in [9.17, 15) is 19.0 Å². The van der Waals surface area contributed by atoms with Gasteiger partial charge in [-0.1, -0.05) is 30.3 Å². The van der Waals surface area contributed by atoms with Crippen LogP contribution in [0, 0.1) is 11.6 Å². The Morgan fingerprint density at radius 1 is 0.757 bits per heavy atom. The van der Waals surface area contributed by atoms with Gasteiger partial charge in [-0.2, -0.15) is 0 Å². The van der Waals surface area contributed by atoms with Crippen LogP contribution in [0.25, 0.3) is 0 Å². The van der Waals surface area contributed by atoms with Crippen molar-refractivity contribution in [2.75, 3.05) is 13.1 Å². The summed E-state index contributed by atoms with van der Waals surface area (Å²) in [6.07, 6.45) is -0.0167. The highest BCUT2D eigenvalue weighted by Gasteiger charge is 2.32. The molecule has 0 spiro atoms. The standard InChI is InChI=1S/C29H31F2NO4.ClH/c30-22-8-12-26-20(14-22)6-10-28(35-26)24(33)17-32(16-19-4-2-1-3-5-19)18-25(34)29-11-7-21-15-23(31)9-13-27(21)36-29;/h1-5,8-9,12-15,24-25,28-29,33-34H,6-7,10-11,16-18H2;1H/t24?,25?,28-,29?;/m1./s1. The molecule has 0 fully saturated rings. The zero-order valence-corrected chi connectivity index (χ0v) is 21.2. The lowest BCUT2D eigenvalue weighted by molar-refractivity contribution is -0.0295. The van der Waals surface area contributed by atoms with Crippen LogP contribution in [-0.2, 0) is 19.4 Å². The smallest absolute Gasteiger partial charge is 0.126 e. The quantitative estimate of drug-likeness (QED) is 0.441. The molecule has 2 heterocycles. The van der Waals surface area contributed by atoms with Crippen molar-refractivity contribution >= 4 is 12.4 Å². The molecule has 0 aliphatic carbocycles. The van der Waals surface area contributed by atoms with Gasteiger partial charge in [0.2, 0.25) is 0 Å². The van der Waals surface area contributed by atoms with Crippen LogP contribution in [0.3, 0.4) is 0 Å². The van der Waals surface area contributed by atoms with Gasteiger partial charge in [0, 0.05) is 19.6 Å². The molecule has 0 radical (unpaired) electrons. The van der Waals surface area contributed by atoms with Gasteiger partial charge >= 0.3 is 0 Å². The van der Waals surface area contributed by atoms with Gasteiger partial charge in [0.05, 0.1) is 0 Å². The molecule has 4 atom stereocenters. The van der Waals surface area contributed by atoms with Crippen molar-refractivity contribution in [2.24, 2.45) is 0 Å². The van der Waals surface area contributed by atoms with Gasteiger partial charge in [0.25, 0.3) is 0 Å². The molecule has 3 unspecified atom stereocenters. The maximum absolute atomic E-state index is 13.5. The summed E-state index contributed by atoms with van der Waals surface area (Å²) < 4.78 is 39.1. The molecule has 198 valence electrons. The van der Waals surface area contributed by atoms with Crippen LogP contribution in [0.2, 0.25) is 0 Å². The molecule has 5 rings (SSSR count). The third-order valence-electron chi connectivity index (χ3n) is 7.00. The van der Waals surface area contributed by atoms with Gasteiger partial charge in [-0.3, -0.25) is 4.90 Å². The van der Waals surface area contributed by atoms with Crippen LogP contribution < -0.4 is 9.47 Å². The Morgan fingerprint density at radius 2 is 1.24 bits per heavy atom. The molecule has 37 heavy (non-hydrogen) atoms.